The Morgan fingerprint density at radius 1 is 1.10 bits per heavy atom. The fourth-order valence-electron chi connectivity index (χ4n) is 7.09. The average Bonchev–Trinajstić information content (AvgIpc) is 3.63. The number of nitrogens with one attached hydrogen (secondary N) is 1. The quantitative estimate of drug-likeness (QED) is 0.248. The van der Waals surface area contributed by atoms with E-state index in [2.05, 4.69) is 58.2 Å². The number of aromatic nitrogens is 3. The van der Waals surface area contributed by atoms with Gasteiger partial charge in [-0.05, 0) is 79.5 Å². The van der Waals surface area contributed by atoms with Gasteiger partial charge >= 0.3 is 0 Å². The molecular weight excluding hydrogens is 560 g/mol. The molecule has 5 aromatic rings. The molecule has 1 fully saturated rings. The first-order chi connectivity index (χ1) is 19.3. The lowest BCUT2D eigenvalue weighted by molar-refractivity contribution is 0.175. The molecule has 2 atom stereocenters. The van der Waals surface area contributed by atoms with Crippen molar-refractivity contribution in [1.29, 1.82) is 0 Å². The van der Waals surface area contributed by atoms with Gasteiger partial charge in [-0.25, -0.2) is 18.9 Å². The van der Waals surface area contributed by atoms with E-state index in [0.717, 1.165) is 64.8 Å². The molecule has 1 spiro atoms. The number of nitrogens with two attached hydrogens (primary N) is 1. The van der Waals surface area contributed by atoms with Crippen LogP contribution in [0.4, 0.5) is 11.5 Å². The highest BCUT2D eigenvalue weighted by Gasteiger charge is 2.54. The molecule has 7 nitrogen and oxygen atoms in total. The molecule has 204 valence electrons. The summed E-state index contributed by atoms with van der Waals surface area (Å²) in [6.07, 6.45) is 5.00. The highest BCUT2D eigenvalue weighted by Crippen LogP contribution is 2.57. The molecule has 2 aliphatic heterocycles. The number of hydrogen-bond acceptors (Lipinski definition) is 6. The highest BCUT2D eigenvalue weighted by molar-refractivity contribution is 7.99. The Balaban J connectivity index is 1.09. The lowest BCUT2D eigenvalue weighted by Gasteiger charge is -2.46. The van der Waals surface area contributed by atoms with Crippen molar-refractivity contribution in [2.75, 3.05) is 23.7 Å². The Labute approximate surface area is 244 Å². The van der Waals surface area contributed by atoms with Crippen molar-refractivity contribution >= 4 is 62.7 Å². The zero-order chi connectivity index (χ0) is 27.4. The zero-order valence-corrected chi connectivity index (χ0v) is 24.7. The van der Waals surface area contributed by atoms with Crippen LogP contribution in [0.5, 0.6) is 0 Å². The van der Waals surface area contributed by atoms with Crippen LogP contribution >= 0.6 is 23.4 Å². The summed E-state index contributed by atoms with van der Waals surface area (Å²) < 4.78 is 18.6. The minimum atomic E-state index is -1.12. The lowest BCUT2D eigenvalue weighted by Crippen LogP contribution is -2.50. The van der Waals surface area contributed by atoms with Crippen molar-refractivity contribution in [3.63, 3.8) is 0 Å². The van der Waals surface area contributed by atoms with Crippen molar-refractivity contribution in [2.24, 2.45) is 5.41 Å². The number of piperidine rings is 1. The Morgan fingerprint density at radius 2 is 1.90 bits per heavy atom. The first-order valence-electron chi connectivity index (χ1n) is 13.6. The third kappa shape index (κ3) is 3.38. The Morgan fingerprint density at radius 3 is 2.73 bits per heavy atom. The molecule has 3 aliphatic rings. The number of benzene rings is 2. The minimum Gasteiger partial charge on any atom is -0.397 e. The number of fused-ring (bicyclic) bond motifs is 1. The average molecular weight is 589 g/mol. The van der Waals surface area contributed by atoms with Crippen molar-refractivity contribution in [3.05, 3.63) is 76.4 Å². The summed E-state index contributed by atoms with van der Waals surface area (Å²) in [5.74, 6) is 0.985. The van der Waals surface area contributed by atoms with Gasteiger partial charge in [-0.1, -0.05) is 47.6 Å². The first-order valence-corrected chi connectivity index (χ1v) is 16.0. The predicted molar refractivity (Wildman–Crippen MR) is 163 cm³/mol. The third-order valence-electron chi connectivity index (χ3n) is 9.29. The van der Waals surface area contributed by atoms with E-state index in [0.29, 0.717) is 10.7 Å². The van der Waals surface area contributed by atoms with Crippen molar-refractivity contribution in [2.45, 2.75) is 53.7 Å². The fourth-order valence-corrected chi connectivity index (χ4v) is 9.55. The summed E-state index contributed by atoms with van der Waals surface area (Å²) in [5.41, 5.74) is 13.5. The van der Waals surface area contributed by atoms with E-state index in [1.165, 1.54) is 16.7 Å². The summed E-state index contributed by atoms with van der Waals surface area (Å²) in [6.45, 7) is 5.98. The zero-order valence-electron chi connectivity index (χ0n) is 22.3. The van der Waals surface area contributed by atoms with Gasteiger partial charge in [0.15, 0.2) is 11.5 Å². The molecular formula is C30H29ClN6OS2. The summed E-state index contributed by atoms with van der Waals surface area (Å²) in [4.78, 5) is 14.2. The fraction of sp³-hybridized carbons (Fsp3) is 0.333. The van der Waals surface area contributed by atoms with Crippen LogP contribution in [0.25, 0.3) is 16.8 Å². The molecule has 40 heavy (non-hydrogen) atoms. The predicted octanol–water partition coefficient (Wildman–Crippen LogP) is 6.09. The molecule has 5 heterocycles. The largest absolute Gasteiger partial charge is 0.397 e. The molecule has 0 radical (unpaired) electrons. The number of halogens is 1. The maximum absolute atomic E-state index is 13.3. The van der Waals surface area contributed by atoms with E-state index in [4.69, 9.17) is 27.3 Å². The number of nitrogens with zero attached hydrogens (tertiary/aromatic N) is 4. The van der Waals surface area contributed by atoms with E-state index in [1.54, 1.807) is 11.8 Å². The molecule has 2 unspecified atom stereocenters. The second-order valence-electron chi connectivity index (χ2n) is 11.8. The van der Waals surface area contributed by atoms with Crippen LogP contribution < -0.4 is 15.4 Å². The molecule has 0 amide bonds. The highest BCUT2D eigenvalue weighted by atomic mass is 35.5. The third-order valence-corrected chi connectivity index (χ3v) is 12.5. The van der Waals surface area contributed by atoms with E-state index in [-0.39, 0.29) is 16.2 Å². The smallest absolute Gasteiger partial charge is 0.157 e. The number of pyridine rings is 1. The van der Waals surface area contributed by atoms with E-state index < -0.39 is 11.0 Å². The topological polar surface area (TPSA) is 88.5 Å². The summed E-state index contributed by atoms with van der Waals surface area (Å²) >= 11 is 8.05. The van der Waals surface area contributed by atoms with Crippen molar-refractivity contribution in [1.82, 2.24) is 19.1 Å². The second kappa shape index (κ2) is 8.58. The van der Waals surface area contributed by atoms with E-state index in [9.17, 15) is 4.21 Å². The molecule has 10 heteroatoms. The summed E-state index contributed by atoms with van der Waals surface area (Å²) in [6, 6.07) is 16.6. The lowest BCUT2D eigenvalue weighted by atomic mass is 9.72. The molecule has 0 saturated carbocycles. The van der Waals surface area contributed by atoms with Gasteiger partial charge in [0, 0.05) is 18.0 Å². The van der Waals surface area contributed by atoms with E-state index in [1.807, 2.05) is 24.4 Å². The van der Waals surface area contributed by atoms with E-state index >= 15 is 0 Å². The van der Waals surface area contributed by atoms with Crippen LogP contribution in [0.15, 0.2) is 64.5 Å². The Bertz CT molecular complexity index is 1840. The first kappa shape index (κ1) is 24.9. The standard InChI is InChI=1S/C30H29ClN6OS2/c1-29(2)18-6-3-5-17-15-30(26(24(17)18)35-40(29)38)11-13-36(14-12-30)27-20-16-33-28-22(9-10-23(34-27)37(20)28)39-21-8-4-7-19(32)25(21)31/h3-10,16,26,35H,11-15,32H2,1-2H3. The SMILES string of the molecule is CC1(C)c2cccc3c2C(NS1=O)C1(CCN(c2nc4ccc(Sc5cccc(N)c5Cl)c5ncc2n45)CC1)C3. The number of nitrogen functional groups attached to an aromatic ring is 1. The molecule has 1 aliphatic carbocycles. The molecule has 1 saturated heterocycles. The van der Waals surface area contributed by atoms with Gasteiger partial charge in [0.2, 0.25) is 0 Å². The maximum Gasteiger partial charge on any atom is 0.157 e. The van der Waals surface area contributed by atoms with Crippen LogP contribution in [0.1, 0.15) is 49.4 Å². The van der Waals surface area contributed by atoms with Gasteiger partial charge in [0.1, 0.15) is 22.1 Å². The number of imidazole rings is 2. The number of hydrogen-bond donors (Lipinski definition) is 2. The molecule has 8 rings (SSSR count). The van der Waals surface area contributed by atoms with Gasteiger partial charge in [-0.2, -0.15) is 0 Å². The monoisotopic (exact) mass is 588 g/mol. The molecule has 2 aromatic carbocycles. The second-order valence-corrected chi connectivity index (χ2v) is 15.0. The van der Waals surface area contributed by atoms with Gasteiger partial charge in [0.05, 0.1) is 32.6 Å². The van der Waals surface area contributed by atoms with Crippen LogP contribution in [0.3, 0.4) is 0 Å². The molecule has 3 N–H and O–H groups in total. The number of rotatable bonds is 3. The Hall–Kier alpha value is -2.85. The van der Waals surface area contributed by atoms with Crippen LogP contribution in [0.2, 0.25) is 5.02 Å². The van der Waals surface area contributed by atoms with Crippen LogP contribution in [-0.2, 0) is 22.2 Å². The van der Waals surface area contributed by atoms with Crippen molar-refractivity contribution < 1.29 is 4.21 Å². The number of anilines is 2. The summed E-state index contributed by atoms with van der Waals surface area (Å²) in [7, 11) is -1.12. The Kier molecular flexibility index (Phi) is 5.34. The van der Waals surface area contributed by atoms with Crippen LogP contribution in [-0.4, -0.2) is 31.7 Å². The van der Waals surface area contributed by atoms with Gasteiger partial charge < -0.3 is 10.6 Å². The van der Waals surface area contributed by atoms with Crippen molar-refractivity contribution in [3.8, 4) is 0 Å². The maximum atomic E-state index is 13.3. The minimum absolute atomic E-state index is 0.0699. The molecule has 3 aromatic heterocycles. The van der Waals surface area contributed by atoms with Gasteiger partial charge in [-0.15, -0.1) is 0 Å². The van der Waals surface area contributed by atoms with Crippen LogP contribution in [0, 0.1) is 5.41 Å². The summed E-state index contributed by atoms with van der Waals surface area (Å²) in [5, 5.41) is 0.566. The van der Waals surface area contributed by atoms with Gasteiger partial charge in [-0.3, -0.25) is 4.40 Å². The normalized spacial score (nSPS) is 22.9. The van der Waals surface area contributed by atoms with Gasteiger partial charge in [0.25, 0.3) is 0 Å². The molecule has 0 bridgehead atoms.